The second kappa shape index (κ2) is 8.22. The van der Waals surface area contributed by atoms with Gasteiger partial charge in [0, 0.05) is 11.1 Å². The predicted molar refractivity (Wildman–Crippen MR) is 92.7 cm³/mol. The van der Waals surface area contributed by atoms with E-state index in [1.54, 1.807) is 4.83 Å². The van der Waals surface area contributed by atoms with Crippen molar-refractivity contribution in [2.75, 3.05) is 29.7 Å². The number of halogens is 9. The number of anilines is 2. The molecule has 2 N–H and O–H groups in total. The zero-order valence-electron chi connectivity index (χ0n) is 15.2. The van der Waals surface area contributed by atoms with Crippen molar-refractivity contribution in [3.05, 3.63) is 29.8 Å². The van der Waals surface area contributed by atoms with E-state index in [0.717, 1.165) is 12.1 Å². The number of aromatic nitrogens is 1. The van der Waals surface area contributed by atoms with E-state index in [1.807, 2.05) is 5.43 Å². The molecule has 2 aromatic rings. The molecule has 0 radical (unpaired) electrons. The van der Waals surface area contributed by atoms with E-state index in [-0.39, 0.29) is 4.90 Å². The Labute approximate surface area is 169 Å². The molecule has 0 aliphatic rings. The summed E-state index contributed by atoms with van der Waals surface area (Å²) >= 11 is 0. The van der Waals surface area contributed by atoms with Gasteiger partial charge < -0.3 is 4.90 Å². The number of nitrogens with zero attached hydrogens (tertiary/aromatic N) is 2. The number of sulfonamides is 1. The standard InChI is InChI=1S/C15H13F9N4O2S/c1-31(29,30)27-26-12-5-10(15(22,23)24)9-4-8(2-3-11(9)25-12)28(6-13(16,17)18)7-14(19,20)21/h2-5,27H,6-7H2,1H3,(H,25,26). The lowest BCUT2D eigenvalue weighted by atomic mass is 10.1. The van der Waals surface area contributed by atoms with E-state index in [9.17, 15) is 47.9 Å². The van der Waals surface area contributed by atoms with E-state index in [1.165, 1.54) is 0 Å². The van der Waals surface area contributed by atoms with Crippen LogP contribution in [0.25, 0.3) is 10.9 Å². The summed E-state index contributed by atoms with van der Waals surface area (Å²) in [5.41, 5.74) is -0.725. The summed E-state index contributed by atoms with van der Waals surface area (Å²) in [6, 6.07) is 2.42. The highest BCUT2D eigenvalue weighted by Gasteiger charge is 2.38. The summed E-state index contributed by atoms with van der Waals surface area (Å²) in [7, 11) is -3.88. The Kier molecular flexibility index (Phi) is 6.57. The maximum Gasteiger partial charge on any atom is 0.417 e. The smallest absolute Gasteiger partial charge is 0.353 e. The molecule has 0 amide bonds. The van der Waals surface area contributed by atoms with Crippen LogP contribution in [0.3, 0.4) is 0 Å². The van der Waals surface area contributed by atoms with Crippen LogP contribution in [0.1, 0.15) is 5.56 Å². The molecule has 1 aromatic carbocycles. The van der Waals surface area contributed by atoms with Crippen LogP contribution in [0, 0.1) is 0 Å². The summed E-state index contributed by atoms with van der Waals surface area (Å²) in [4.78, 5) is 5.24. The molecule has 31 heavy (non-hydrogen) atoms. The Morgan fingerprint density at radius 3 is 1.94 bits per heavy atom. The number of alkyl halides is 9. The molecule has 6 nitrogen and oxygen atoms in total. The van der Waals surface area contributed by atoms with Crippen molar-refractivity contribution < 1.29 is 47.9 Å². The first-order valence-corrected chi connectivity index (χ1v) is 9.86. The molecule has 0 aliphatic heterocycles. The van der Waals surface area contributed by atoms with Gasteiger partial charge in [0.05, 0.1) is 17.3 Å². The van der Waals surface area contributed by atoms with Gasteiger partial charge in [0.2, 0.25) is 10.0 Å². The van der Waals surface area contributed by atoms with Gasteiger partial charge in [0.1, 0.15) is 18.9 Å². The molecule has 16 heteroatoms. The topological polar surface area (TPSA) is 74.3 Å². The molecule has 1 heterocycles. The van der Waals surface area contributed by atoms with Gasteiger partial charge in [-0.05, 0) is 24.3 Å². The fourth-order valence-electron chi connectivity index (χ4n) is 2.53. The summed E-state index contributed by atoms with van der Waals surface area (Å²) < 4.78 is 139. The number of hydrogen-bond acceptors (Lipinski definition) is 5. The van der Waals surface area contributed by atoms with Gasteiger partial charge in [-0.1, -0.05) is 0 Å². The summed E-state index contributed by atoms with van der Waals surface area (Å²) in [6.07, 6.45) is -14.5. The van der Waals surface area contributed by atoms with Gasteiger partial charge in [-0.15, -0.1) is 4.83 Å². The molecule has 0 saturated heterocycles. The van der Waals surface area contributed by atoms with Crippen LogP contribution >= 0.6 is 0 Å². The minimum absolute atomic E-state index is 0.156. The number of benzene rings is 1. The fourth-order valence-corrected chi connectivity index (χ4v) is 2.82. The minimum Gasteiger partial charge on any atom is -0.353 e. The van der Waals surface area contributed by atoms with Crippen LogP contribution in [0.4, 0.5) is 51.0 Å². The van der Waals surface area contributed by atoms with E-state index in [4.69, 9.17) is 0 Å². The molecule has 0 spiro atoms. The summed E-state index contributed by atoms with van der Waals surface area (Å²) in [5.74, 6) is -0.597. The molecule has 174 valence electrons. The van der Waals surface area contributed by atoms with Crippen molar-refractivity contribution in [2.45, 2.75) is 18.5 Å². The molecule has 0 aliphatic carbocycles. The Morgan fingerprint density at radius 2 is 1.48 bits per heavy atom. The van der Waals surface area contributed by atoms with Gasteiger partial charge in [-0.25, -0.2) is 13.4 Å². The lowest BCUT2D eigenvalue weighted by Crippen LogP contribution is -2.40. The number of nitrogens with one attached hydrogen (secondary N) is 2. The van der Waals surface area contributed by atoms with Gasteiger partial charge in [-0.2, -0.15) is 39.5 Å². The average molecular weight is 484 g/mol. The fraction of sp³-hybridized carbons (Fsp3) is 0.400. The largest absolute Gasteiger partial charge is 0.417 e. The normalized spacial score (nSPS) is 13.5. The second-order valence-electron chi connectivity index (χ2n) is 6.34. The van der Waals surface area contributed by atoms with Gasteiger partial charge in [-0.3, -0.25) is 5.43 Å². The third-order valence-corrected chi connectivity index (χ3v) is 4.04. The Hall–Kier alpha value is -2.49. The SMILES string of the molecule is CS(=O)(=O)NNc1cc(C(F)(F)F)c2cc(N(CC(F)(F)F)CC(F)(F)F)ccc2n1. The van der Waals surface area contributed by atoms with Crippen LogP contribution in [0.2, 0.25) is 0 Å². The molecule has 0 atom stereocenters. The molecular formula is C15H13F9N4O2S. The van der Waals surface area contributed by atoms with E-state index in [0.29, 0.717) is 18.4 Å². The highest BCUT2D eigenvalue weighted by Crippen LogP contribution is 2.38. The third-order valence-electron chi connectivity index (χ3n) is 3.57. The Balaban J connectivity index is 2.61. The first-order valence-electron chi connectivity index (χ1n) is 7.97. The quantitative estimate of drug-likeness (QED) is 0.478. The van der Waals surface area contributed by atoms with E-state index < -0.39 is 69.6 Å². The lowest BCUT2D eigenvalue weighted by Gasteiger charge is -2.27. The lowest BCUT2D eigenvalue weighted by molar-refractivity contribution is -0.138. The van der Waals surface area contributed by atoms with E-state index >= 15 is 0 Å². The van der Waals surface area contributed by atoms with Crippen molar-refractivity contribution >= 4 is 32.4 Å². The van der Waals surface area contributed by atoms with Gasteiger partial charge in [0.25, 0.3) is 0 Å². The van der Waals surface area contributed by atoms with Crippen molar-refractivity contribution in [3.8, 4) is 0 Å². The monoisotopic (exact) mass is 484 g/mol. The summed E-state index contributed by atoms with van der Waals surface area (Å²) in [6.45, 7) is -4.10. The van der Waals surface area contributed by atoms with Crippen molar-refractivity contribution in [1.29, 1.82) is 0 Å². The zero-order chi connectivity index (χ0) is 23.8. The zero-order valence-corrected chi connectivity index (χ0v) is 16.1. The van der Waals surface area contributed by atoms with Crippen LogP contribution in [0.5, 0.6) is 0 Å². The van der Waals surface area contributed by atoms with Crippen LogP contribution in [0.15, 0.2) is 24.3 Å². The molecular weight excluding hydrogens is 471 g/mol. The maximum absolute atomic E-state index is 13.5. The minimum atomic E-state index is -5.08. The summed E-state index contributed by atoms with van der Waals surface area (Å²) in [5, 5.41) is -0.774. The Morgan fingerprint density at radius 1 is 0.935 bits per heavy atom. The van der Waals surface area contributed by atoms with Crippen molar-refractivity contribution in [1.82, 2.24) is 9.82 Å². The third kappa shape index (κ3) is 7.61. The maximum atomic E-state index is 13.5. The molecule has 2 rings (SSSR count). The van der Waals surface area contributed by atoms with Gasteiger partial charge in [0.15, 0.2) is 0 Å². The number of pyridine rings is 1. The number of rotatable bonds is 6. The second-order valence-corrected chi connectivity index (χ2v) is 8.09. The number of fused-ring (bicyclic) bond motifs is 1. The first-order chi connectivity index (χ1) is 13.8. The number of hydrogen-bond donors (Lipinski definition) is 2. The predicted octanol–water partition coefficient (Wildman–Crippen LogP) is 4.06. The van der Waals surface area contributed by atoms with Crippen LogP contribution < -0.4 is 15.2 Å². The molecule has 0 unspecified atom stereocenters. The highest BCUT2D eigenvalue weighted by molar-refractivity contribution is 7.88. The molecule has 0 saturated carbocycles. The van der Waals surface area contributed by atoms with Crippen molar-refractivity contribution in [2.24, 2.45) is 0 Å². The Bertz CT molecular complexity index is 1030. The molecule has 1 aromatic heterocycles. The number of hydrazine groups is 1. The first kappa shape index (κ1) is 24.8. The highest BCUT2D eigenvalue weighted by atomic mass is 32.2. The van der Waals surface area contributed by atoms with E-state index in [2.05, 4.69) is 4.98 Å². The average Bonchev–Trinajstić information content (AvgIpc) is 2.54. The van der Waals surface area contributed by atoms with Crippen LogP contribution in [-0.2, 0) is 16.2 Å². The molecule has 0 bridgehead atoms. The molecule has 0 fully saturated rings. The van der Waals surface area contributed by atoms with Gasteiger partial charge >= 0.3 is 18.5 Å². The van der Waals surface area contributed by atoms with Crippen molar-refractivity contribution in [3.63, 3.8) is 0 Å². The van der Waals surface area contributed by atoms with Crippen LogP contribution in [-0.4, -0.2) is 45.1 Å².